The number of hydrogen-bond donors (Lipinski definition) is 1. The SMILES string of the molecule is CN=C(NCCOc1cccnc1)N1CCC(Cc2ccccc2)CC1. The summed E-state index contributed by atoms with van der Waals surface area (Å²) in [5.74, 6) is 2.53. The van der Waals surface area contributed by atoms with Gasteiger partial charge in [-0.2, -0.15) is 0 Å². The van der Waals surface area contributed by atoms with E-state index < -0.39 is 0 Å². The zero-order valence-electron chi connectivity index (χ0n) is 15.5. The van der Waals surface area contributed by atoms with Crippen LogP contribution < -0.4 is 10.1 Å². The number of aliphatic imine (C=N–C) groups is 1. The molecule has 0 radical (unpaired) electrons. The van der Waals surface area contributed by atoms with Crippen molar-refractivity contribution in [2.24, 2.45) is 10.9 Å². The molecule has 1 aliphatic heterocycles. The molecular formula is C21H28N4O. The van der Waals surface area contributed by atoms with Crippen molar-refractivity contribution >= 4 is 5.96 Å². The molecule has 0 aliphatic carbocycles. The molecule has 2 heterocycles. The van der Waals surface area contributed by atoms with Gasteiger partial charge in [0.15, 0.2) is 5.96 Å². The minimum Gasteiger partial charge on any atom is -0.490 e. The number of aromatic nitrogens is 1. The molecule has 0 atom stereocenters. The van der Waals surface area contributed by atoms with E-state index in [9.17, 15) is 0 Å². The number of ether oxygens (including phenoxy) is 1. The summed E-state index contributed by atoms with van der Waals surface area (Å²) in [6.07, 6.45) is 7.07. The fourth-order valence-electron chi connectivity index (χ4n) is 3.39. The Balaban J connectivity index is 1.38. The number of hydrogen-bond acceptors (Lipinski definition) is 3. The van der Waals surface area contributed by atoms with Crippen LogP contribution in [0, 0.1) is 5.92 Å². The van der Waals surface area contributed by atoms with Gasteiger partial charge in [0.25, 0.3) is 0 Å². The Bertz CT molecular complexity index is 667. The van der Waals surface area contributed by atoms with Gasteiger partial charge in [0, 0.05) is 26.3 Å². The van der Waals surface area contributed by atoms with Gasteiger partial charge >= 0.3 is 0 Å². The van der Waals surface area contributed by atoms with Gasteiger partial charge in [0.1, 0.15) is 12.4 Å². The van der Waals surface area contributed by atoms with E-state index in [4.69, 9.17) is 4.74 Å². The van der Waals surface area contributed by atoms with Gasteiger partial charge in [-0.25, -0.2) is 0 Å². The third kappa shape index (κ3) is 5.48. The molecule has 1 aromatic carbocycles. The zero-order valence-corrected chi connectivity index (χ0v) is 15.5. The van der Waals surface area contributed by atoms with E-state index in [1.54, 1.807) is 12.4 Å². The van der Waals surface area contributed by atoms with Gasteiger partial charge in [-0.3, -0.25) is 9.98 Å². The molecule has 0 unspecified atom stereocenters. The second-order valence-corrected chi connectivity index (χ2v) is 6.63. The summed E-state index contributed by atoms with van der Waals surface area (Å²) >= 11 is 0. The van der Waals surface area contributed by atoms with Crippen molar-refractivity contribution < 1.29 is 4.74 Å². The monoisotopic (exact) mass is 352 g/mol. The van der Waals surface area contributed by atoms with Crippen molar-refractivity contribution in [3.05, 3.63) is 60.4 Å². The summed E-state index contributed by atoms with van der Waals surface area (Å²) < 4.78 is 5.67. The molecule has 1 N–H and O–H groups in total. The maximum atomic E-state index is 5.67. The normalized spacial score (nSPS) is 15.7. The minimum atomic E-state index is 0.592. The van der Waals surface area contributed by atoms with E-state index in [-0.39, 0.29) is 0 Å². The molecule has 1 fully saturated rings. The van der Waals surface area contributed by atoms with Crippen LogP contribution in [-0.2, 0) is 6.42 Å². The summed E-state index contributed by atoms with van der Waals surface area (Å²) in [6.45, 7) is 3.43. The van der Waals surface area contributed by atoms with E-state index in [1.807, 2.05) is 19.2 Å². The van der Waals surface area contributed by atoms with Crippen LogP contribution in [0.3, 0.4) is 0 Å². The summed E-state index contributed by atoms with van der Waals surface area (Å²) in [5, 5.41) is 3.40. The maximum absolute atomic E-state index is 5.67. The molecule has 5 heteroatoms. The average molecular weight is 352 g/mol. The Morgan fingerprint density at radius 3 is 2.69 bits per heavy atom. The predicted octanol–water partition coefficient (Wildman–Crippen LogP) is 2.99. The topological polar surface area (TPSA) is 49.8 Å². The largest absolute Gasteiger partial charge is 0.490 e. The Morgan fingerprint density at radius 1 is 1.19 bits per heavy atom. The number of likely N-dealkylation sites (tertiary alicyclic amines) is 1. The molecule has 0 saturated carbocycles. The highest BCUT2D eigenvalue weighted by atomic mass is 16.5. The van der Waals surface area contributed by atoms with E-state index in [0.717, 1.165) is 37.3 Å². The highest BCUT2D eigenvalue weighted by Gasteiger charge is 2.21. The Morgan fingerprint density at radius 2 is 2.00 bits per heavy atom. The second kappa shape index (κ2) is 9.80. The van der Waals surface area contributed by atoms with Gasteiger partial charge in [0.2, 0.25) is 0 Å². The molecule has 138 valence electrons. The summed E-state index contributed by atoms with van der Waals surface area (Å²) in [4.78, 5) is 10.8. The minimum absolute atomic E-state index is 0.592. The van der Waals surface area contributed by atoms with Crippen LogP contribution in [-0.4, -0.2) is 49.1 Å². The summed E-state index contributed by atoms with van der Waals surface area (Å²) in [7, 11) is 1.85. The van der Waals surface area contributed by atoms with Crippen LogP contribution >= 0.6 is 0 Å². The number of rotatable bonds is 6. The van der Waals surface area contributed by atoms with Crippen molar-refractivity contribution in [1.29, 1.82) is 0 Å². The highest BCUT2D eigenvalue weighted by molar-refractivity contribution is 5.79. The molecule has 0 spiro atoms. The van der Waals surface area contributed by atoms with E-state index in [2.05, 4.69) is 50.5 Å². The van der Waals surface area contributed by atoms with Crippen LogP contribution in [0.15, 0.2) is 59.9 Å². The van der Waals surface area contributed by atoms with Crippen molar-refractivity contribution in [1.82, 2.24) is 15.2 Å². The van der Waals surface area contributed by atoms with Crippen molar-refractivity contribution in [3.63, 3.8) is 0 Å². The first kappa shape index (κ1) is 18.2. The Hall–Kier alpha value is -2.56. The van der Waals surface area contributed by atoms with Crippen LogP contribution in [0.2, 0.25) is 0 Å². The fraction of sp³-hybridized carbons (Fsp3) is 0.429. The van der Waals surface area contributed by atoms with Crippen molar-refractivity contribution in [3.8, 4) is 5.75 Å². The van der Waals surface area contributed by atoms with E-state index in [0.29, 0.717) is 6.61 Å². The number of nitrogens with zero attached hydrogens (tertiary/aromatic N) is 3. The number of pyridine rings is 1. The third-order valence-electron chi connectivity index (χ3n) is 4.78. The molecular weight excluding hydrogens is 324 g/mol. The molecule has 0 bridgehead atoms. The number of benzene rings is 1. The van der Waals surface area contributed by atoms with E-state index in [1.165, 1.54) is 24.8 Å². The molecule has 2 aromatic rings. The standard InChI is InChI=1S/C21H28N4O/c1-22-21(24-12-15-26-20-8-5-11-23-17-20)25-13-9-19(10-14-25)16-18-6-3-2-4-7-18/h2-8,11,17,19H,9-10,12-16H2,1H3,(H,22,24). The highest BCUT2D eigenvalue weighted by Crippen LogP contribution is 2.21. The molecule has 1 saturated heterocycles. The molecule has 5 nitrogen and oxygen atoms in total. The first-order valence-corrected chi connectivity index (χ1v) is 9.37. The second-order valence-electron chi connectivity index (χ2n) is 6.63. The Kier molecular flexibility index (Phi) is 6.88. The van der Waals surface area contributed by atoms with Crippen molar-refractivity contribution in [2.75, 3.05) is 33.3 Å². The van der Waals surface area contributed by atoms with Crippen LogP contribution in [0.25, 0.3) is 0 Å². The molecule has 3 rings (SSSR count). The van der Waals surface area contributed by atoms with Gasteiger partial charge < -0.3 is 15.0 Å². The summed E-state index contributed by atoms with van der Waals surface area (Å²) in [6, 6.07) is 14.6. The lowest BCUT2D eigenvalue weighted by Gasteiger charge is -2.34. The molecule has 0 amide bonds. The van der Waals surface area contributed by atoms with E-state index >= 15 is 0 Å². The quantitative estimate of drug-likeness (QED) is 0.493. The van der Waals surface area contributed by atoms with Gasteiger partial charge in [-0.05, 0) is 42.9 Å². The summed E-state index contributed by atoms with van der Waals surface area (Å²) in [5.41, 5.74) is 1.45. The van der Waals surface area contributed by atoms with Gasteiger partial charge in [0.05, 0.1) is 12.7 Å². The van der Waals surface area contributed by atoms with Crippen molar-refractivity contribution in [2.45, 2.75) is 19.3 Å². The molecule has 1 aromatic heterocycles. The van der Waals surface area contributed by atoms with Gasteiger partial charge in [-0.1, -0.05) is 30.3 Å². The lowest BCUT2D eigenvalue weighted by Crippen LogP contribution is -2.46. The van der Waals surface area contributed by atoms with Gasteiger partial charge in [-0.15, -0.1) is 0 Å². The fourth-order valence-corrected chi connectivity index (χ4v) is 3.39. The zero-order chi connectivity index (χ0) is 18.0. The molecule has 26 heavy (non-hydrogen) atoms. The van der Waals surface area contributed by atoms with Crippen LogP contribution in [0.5, 0.6) is 5.75 Å². The smallest absolute Gasteiger partial charge is 0.193 e. The van der Waals surface area contributed by atoms with Crippen LogP contribution in [0.1, 0.15) is 18.4 Å². The average Bonchev–Trinajstić information content (AvgIpc) is 2.70. The first-order valence-electron chi connectivity index (χ1n) is 9.37. The third-order valence-corrected chi connectivity index (χ3v) is 4.78. The molecule has 1 aliphatic rings. The number of guanidine groups is 1. The number of nitrogens with one attached hydrogen (secondary N) is 1. The number of piperidine rings is 1. The Labute approximate surface area is 156 Å². The maximum Gasteiger partial charge on any atom is 0.193 e. The van der Waals surface area contributed by atoms with Crippen LogP contribution in [0.4, 0.5) is 0 Å². The lowest BCUT2D eigenvalue weighted by molar-refractivity contribution is 0.256. The predicted molar refractivity (Wildman–Crippen MR) is 106 cm³/mol. The first-order chi connectivity index (χ1) is 12.8. The lowest BCUT2D eigenvalue weighted by atomic mass is 9.90.